The van der Waals surface area contributed by atoms with Crippen LogP contribution in [0, 0.1) is 6.92 Å². The minimum Gasteiger partial charge on any atom is -0.443 e. The molecule has 1 amide bonds. The van der Waals surface area contributed by atoms with E-state index in [9.17, 15) is 4.79 Å². The highest BCUT2D eigenvalue weighted by molar-refractivity contribution is 5.98. The standard InChI is InChI=1S/C20H19N7O3/c1-11-8-23-14-3-2-12(9-27(11)14)15-16(20-22-5-7-30-20)26-18(21)17(25-15)19(28)24-13-4-6-29-10-13/h2-3,5,7-9,13H,4,6,10H2,1H3,(H2,21,26)(H,24,28)/t13-/m0/s1. The van der Waals surface area contributed by atoms with E-state index in [0.29, 0.717) is 24.6 Å². The van der Waals surface area contributed by atoms with Gasteiger partial charge in [0.05, 0.1) is 18.8 Å². The van der Waals surface area contributed by atoms with Gasteiger partial charge in [-0.3, -0.25) is 4.79 Å². The number of anilines is 1. The lowest BCUT2D eigenvalue weighted by atomic mass is 10.1. The summed E-state index contributed by atoms with van der Waals surface area (Å²) >= 11 is 0. The molecule has 152 valence electrons. The molecule has 0 radical (unpaired) electrons. The summed E-state index contributed by atoms with van der Waals surface area (Å²) < 4.78 is 12.7. The van der Waals surface area contributed by atoms with Crippen molar-refractivity contribution >= 4 is 17.4 Å². The van der Waals surface area contributed by atoms with Crippen molar-refractivity contribution in [1.29, 1.82) is 0 Å². The molecule has 10 nitrogen and oxygen atoms in total. The molecule has 4 aromatic rings. The molecule has 1 aliphatic rings. The SMILES string of the molecule is Cc1cnc2ccc(-c3nc(C(=O)N[C@H]4CCOC4)c(N)nc3-c3ncco3)cn12. The Morgan fingerprint density at radius 3 is 2.93 bits per heavy atom. The fourth-order valence-electron chi connectivity index (χ4n) is 3.45. The molecule has 4 aromatic heterocycles. The van der Waals surface area contributed by atoms with E-state index in [4.69, 9.17) is 14.9 Å². The molecule has 1 fully saturated rings. The largest absolute Gasteiger partial charge is 0.443 e. The number of oxazole rings is 1. The first-order valence-electron chi connectivity index (χ1n) is 9.50. The van der Waals surface area contributed by atoms with Crippen LogP contribution in [0.15, 0.2) is 41.4 Å². The summed E-state index contributed by atoms with van der Waals surface area (Å²) in [5, 5.41) is 2.90. The van der Waals surface area contributed by atoms with E-state index in [-0.39, 0.29) is 23.4 Å². The van der Waals surface area contributed by atoms with E-state index in [1.165, 1.54) is 12.5 Å². The fourth-order valence-corrected chi connectivity index (χ4v) is 3.45. The van der Waals surface area contributed by atoms with Crippen LogP contribution in [0.5, 0.6) is 0 Å². The van der Waals surface area contributed by atoms with Gasteiger partial charge < -0.3 is 24.6 Å². The Bertz CT molecular complexity index is 1230. The zero-order valence-electron chi connectivity index (χ0n) is 16.2. The quantitative estimate of drug-likeness (QED) is 0.525. The Morgan fingerprint density at radius 2 is 2.17 bits per heavy atom. The molecule has 1 saturated heterocycles. The molecule has 3 N–H and O–H groups in total. The minimum absolute atomic E-state index is 0.00301. The molecule has 1 aliphatic heterocycles. The van der Waals surface area contributed by atoms with Gasteiger partial charge in [0.2, 0.25) is 5.89 Å². The maximum absolute atomic E-state index is 12.8. The zero-order chi connectivity index (χ0) is 20.7. The number of nitrogen functional groups attached to an aromatic ring is 1. The number of fused-ring (bicyclic) bond motifs is 1. The number of amides is 1. The average Bonchev–Trinajstić information content (AvgIpc) is 3.51. The van der Waals surface area contributed by atoms with Crippen LogP contribution in [0.2, 0.25) is 0 Å². The Balaban J connectivity index is 1.64. The van der Waals surface area contributed by atoms with Crippen LogP contribution >= 0.6 is 0 Å². The van der Waals surface area contributed by atoms with Crippen LogP contribution in [-0.2, 0) is 4.74 Å². The number of pyridine rings is 1. The van der Waals surface area contributed by atoms with Crippen molar-refractivity contribution in [1.82, 2.24) is 29.7 Å². The first-order chi connectivity index (χ1) is 14.6. The van der Waals surface area contributed by atoms with Gasteiger partial charge >= 0.3 is 0 Å². The number of carbonyl (C=O) groups excluding carboxylic acids is 1. The molecule has 5 rings (SSSR count). The van der Waals surface area contributed by atoms with Crippen molar-refractivity contribution in [3.63, 3.8) is 0 Å². The summed E-state index contributed by atoms with van der Waals surface area (Å²) in [5.41, 5.74) is 9.44. The molecular weight excluding hydrogens is 386 g/mol. The summed E-state index contributed by atoms with van der Waals surface area (Å²) in [4.78, 5) is 30.4. The highest BCUT2D eigenvalue weighted by Crippen LogP contribution is 2.30. The van der Waals surface area contributed by atoms with Crippen molar-refractivity contribution in [2.24, 2.45) is 0 Å². The molecule has 5 heterocycles. The van der Waals surface area contributed by atoms with Crippen molar-refractivity contribution in [2.75, 3.05) is 18.9 Å². The predicted octanol–water partition coefficient (Wildman–Crippen LogP) is 1.86. The van der Waals surface area contributed by atoms with Crippen molar-refractivity contribution in [2.45, 2.75) is 19.4 Å². The lowest BCUT2D eigenvalue weighted by Crippen LogP contribution is -2.36. The van der Waals surface area contributed by atoms with Gasteiger partial charge in [0.15, 0.2) is 17.2 Å². The lowest BCUT2D eigenvalue weighted by molar-refractivity contribution is 0.0925. The molecule has 10 heteroatoms. The number of nitrogens with two attached hydrogens (primary N) is 1. The molecule has 0 unspecified atom stereocenters. The van der Waals surface area contributed by atoms with Crippen molar-refractivity contribution in [3.05, 3.63) is 48.4 Å². The first kappa shape index (κ1) is 18.3. The summed E-state index contributed by atoms with van der Waals surface area (Å²) in [6.07, 6.45) is 7.38. The number of hydrogen-bond donors (Lipinski definition) is 2. The topological polar surface area (TPSA) is 133 Å². The van der Waals surface area contributed by atoms with Crippen LogP contribution in [0.4, 0.5) is 5.82 Å². The minimum atomic E-state index is -0.393. The third-order valence-electron chi connectivity index (χ3n) is 5.00. The van der Waals surface area contributed by atoms with Gasteiger partial charge in [0, 0.05) is 30.3 Å². The maximum Gasteiger partial charge on any atom is 0.274 e. The first-order valence-corrected chi connectivity index (χ1v) is 9.50. The highest BCUT2D eigenvalue weighted by Gasteiger charge is 2.25. The molecule has 0 aromatic carbocycles. The smallest absolute Gasteiger partial charge is 0.274 e. The van der Waals surface area contributed by atoms with Gasteiger partial charge in [-0.15, -0.1) is 0 Å². The molecule has 30 heavy (non-hydrogen) atoms. The van der Waals surface area contributed by atoms with Gasteiger partial charge in [-0.2, -0.15) is 0 Å². The average molecular weight is 405 g/mol. The summed E-state index contributed by atoms with van der Waals surface area (Å²) in [6.45, 7) is 3.04. The number of rotatable bonds is 4. The number of hydrogen-bond acceptors (Lipinski definition) is 8. The second kappa shape index (κ2) is 7.23. The molecule has 0 saturated carbocycles. The van der Waals surface area contributed by atoms with Crippen LogP contribution < -0.4 is 11.1 Å². The number of nitrogens with one attached hydrogen (secondary N) is 1. The maximum atomic E-state index is 12.8. The van der Waals surface area contributed by atoms with Crippen molar-refractivity contribution < 1.29 is 13.9 Å². The van der Waals surface area contributed by atoms with Crippen LogP contribution in [-0.4, -0.2) is 49.5 Å². The molecule has 0 bridgehead atoms. The Morgan fingerprint density at radius 1 is 1.27 bits per heavy atom. The van der Waals surface area contributed by atoms with Gasteiger partial charge in [0.1, 0.15) is 17.6 Å². The van der Waals surface area contributed by atoms with E-state index in [1.807, 2.05) is 29.7 Å². The summed E-state index contributed by atoms with van der Waals surface area (Å²) in [6, 6.07) is 3.66. The fraction of sp³-hybridized carbons (Fsp3) is 0.250. The Kier molecular flexibility index (Phi) is 4.40. The zero-order valence-corrected chi connectivity index (χ0v) is 16.2. The van der Waals surface area contributed by atoms with Gasteiger partial charge in [0.25, 0.3) is 5.91 Å². The molecule has 0 aliphatic carbocycles. The van der Waals surface area contributed by atoms with Crippen LogP contribution in [0.1, 0.15) is 22.6 Å². The molecule has 1 atom stereocenters. The van der Waals surface area contributed by atoms with Gasteiger partial charge in [-0.1, -0.05) is 0 Å². The third-order valence-corrected chi connectivity index (χ3v) is 5.00. The van der Waals surface area contributed by atoms with Crippen LogP contribution in [0.25, 0.3) is 28.5 Å². The molecule has 0 spiro atoms. The Hall–Kier alpha value is -3.79. The number of imidazole rings is 1. The number of ether oxygens (including phenoxy) is 1. The normalized spacial score (nSPS) is 16.2. The van der Waals surface area contributed by atoms with E-state index in [0.717, 1.165) is 23.3 Å². The molecular formula is C20H19N7O3. The number of carbonyl (C=O) groups is 1. The second-order valence-electron chi connectivity index (χ2n) is 7.07. The third kappa shape index (κ3) is 3.16. The van der Waals surface area contributed by atoms with Crippen molar-refractivity contribution in [3.8, 4) is 22.8 Å². The Labute approximate surface area is 171 Å². The predicted molar refractivity (Wildman–Crippen MR) is 108 cm³/mol. The number of aryl methyl sites for hydroxylation is 1. The van der Waals surface area contributed by atoms with Gasteiger partial charge in [-0.25, -0.2) is 19.9 Å². The number of nitrogens with zero attached hydrogens (tertiary/aromatic N) is 5. The number of aromatic nitrogens is 5. The van der Waals surface area contributed by atoms with E-state index in [2.05, 4.69) is 25.3 Å². The second-order valence-corrected chi connectivity index (χ2v) is 7.07. The summed E-state index contributed by atoms with van der Waals surface area (Å²) in [7, 11) is 0. The lowest BCUT2D eigenvalue weighted by Gasteiger charge is -2.14. The van der Waals surface area contributed by atoms with Gasteiger partial charge in [-0.05, 0) is 25.5 Å². The van der Waals surface area contributed by atoms with E-state index >= 15 is 0 Å². The monoisotopic (exact) mass is 405 g/mol. The highest BCUT2D eigenvalue weighted by atomic mass is 16.5. The summed E-state index contributed by atoms with van der Waals surface area (Å²) in [5.74, 6) is -0.123. The van der Waals surface area contributed by atoms with E-state index in [1.54, 1.807) is 6.20 Å². The van der Waals surface area contributed by atoms with E-state index < -0.39 is 5.91 Å². The van der Waals surface area contributed by atoms with Crippen LogP contribution in [0.3, 0.4) is 0 Å².